The zero-order valence-corrected chi connectivity index (χ0v) is 5.93. The second-order valence-electron chi connectivity index (χ2n) is 0.926. The summed E-state index contributed by atoms with van der Waals surface area (Å²) in [4.78, 5) is 9.61. The highest BCUT2D eigenvalue weighted by Gasteiger charge is 1.98. The second-order valence-corrected chi connectivity index (χ2v) is 4.64. The molecular formula is C2H4BrO3P. The van der Waals surface area contributed by atoms with Crippen molar-refractivity contribution >= 4 is 28.0 Å². The van der Waals surface area contributed by atoms with E-state index < -0.39 is 12.5 Å². The molecule has 0 aliphatic carbocycles. The highest BCUT2D eigenvalue weighted by molar-refractivity contribution is 9.37. The molecule has 0 amide bonds. The summed E-state index contributed by atoms with van der Waals surface area (Å²) < 4.78 is 9.98. The molecule has 0 saturated carbocycles. The molecule has 0 heterocycles. The van der Waals surface area contributed by atoms with Gasteiger partial charge in [0.25, 0.3) is 0 Å². The maximum Gasteiger partial charge on any atom is 0.311 e. The van der Waals surface area contributed by atoms with Crippen LogP contribution in [-0.2, 0) is 9.36 Å². The van der Waals surface area contributed by atoms with E-state index in [1.54, 1.807) is 0 Å². The monoisotopic (exact) mass is 186 g/mol. The Balaban J connectivity index is 3.32. The predicted molar refractivity (Wildman–Crippen MR) is 30.4 cm³/mol. The first-order chi connectivity index (χ1) is 3.13. The first-order valence-corrected chi connectivity index (χ1v) is 5.40. The smallest absolute Gasteiger partial charge is 0.311 e. The third-order valence-electron chi connectivity index (χ3n) is 0.290. The molecule has 0 aliphatic rings. The Morgan fingerprint density at radius 3 is 2.29 bits per heavy atom. The Morgan fingerprint density at radius 1 is 1.86 bits per heavy atom. The van der Waals surface area contributed by atoms with Gasteiger partial charge in [0.1, 0.15) is 12.7 Å². The molecule has 0 spiro atoms. The lowest BCUT2D eigenvalue weighted by atomic mass is 10.8. The topological polar surface area (TPSA) is 54.4 Å². The van der Waals surface area contributed by atoms with Gasteiger partial charge >= 0.3 is 5.97 Å². The van der Waals surface area contributed by atoms with Crippen LogP contribution in [0.15, 0.2) is 0 Å². The number of carbonyl (C=O) groups is 1. The van der Waals surface area contributed by atoms with Crippen LogP contribution in [0.3, 0.4) is 0 Å². The molecule has 0 aliphatic heterocycles. The SMILES string of the molecule is O=C(O)C[PH](=O)Br. The number of carboxylic acid groups (broad SMARTS) is 1. The molecule has 7 heavy (non-hydrogen) atoms. The van der Waals surface area contributed by atoms with Crippen LogP contribution in [0, 0.1) is 0 Å². The van der Waals surface area contributed by atoms with Crippen LogP contribution >= 0.6 is 22.0 Å². The lowest BCUT2D eigenvalue weighted by Crippen LogP contribution is -1.94. The lowest BCUT2D eigenvalue weighted by Gasteiger charge is -1.80. The van der Waals surface area contributed by atoms with Gasteiger partial charge in [0.2, 0.25) is 0 Å². The first-order valence-electron chi connectivity index (χ1n) is 1.53. The van der Waals surface area contributed by atoms with Gasteiger partial charge in [-0.05, 0) is 15.5 Å². The van der Waals surface area contributed by atoms with Crippen molar-refractivity contribution in [2.24, 2.45) is 0 Å². The molecule has 0 aromatic heterocycles. The second kappa shape index (κ2) is 3.22. The molecule has 1 unspecified atom stereocenters. The summed E-state index contributed by atoms with van der Waals surface area (Å²) in [7, 11) is 0. The average Bonchev–Trinajstić information content (AvgIpc) is 1.27. The molecule has 0 aromatic carbocycles. The molecular weight excluding hydrogens is 183 g/mol. The van der Waals surface area contributed by atoms with Crippen LogP contribution in [0.4, 0.5) is 0 Å². The minimum atomic E-state index is -1.97. The third-order valence-corrected chi connectivity index (χ3v) is 1.71. The van der Waals surface area contributed by atoms with Gasteiger partial charge in [-0.3, -0.25) is 4.79 Å². The Labute approximate surface area is 49.2 Å². The van der Waals surface area contributed by atoms with Crippen LogP contribution in [0.1, 0.15) is 0 Å². The van der Waals surface area contributed by atoms with Crippen LogP contribution in [0.2, 0.25) is 0 Å². The van der Waals surface area contributed by atoms with E-state index in [1.165, 1.54) is 0 Å². The fourth-order valence-electron chi connectivity index (χ4n) is 0.119. The summed E-state index contributed by atoms with van der Waals surface area (Å²) >= 11 is 2.64. The fourth-order valence-corrected chi connectivity index (χ4v) is 1.08. The number of hydrogen-bond donors (Lipinski definition) is 1. The number of rotatable bonds is 2. The van der Waals surface area contributed by atoms with Gasteiger partial charge in [0.15, 0.2) is 0 Å². The summed E-state index contributed by atoms with van der Waals surface area (Å²) in [5.41, 5.74) is 0. The molecule has 1 N–H and O–H groups in total. The number of halogens is 1. The molecule has 42 valence electrons. The lowest BCUT2D eigenvalue weighted by molar-refractivity contribution is -0.134. The quantitative estimate of drug-likeness (QED) is 0.654. The van der Waals surface area contributed by atoms with Crippen molar-refractivity contribution in [3.8, 4) is 0 Å². The van der Waals surface area contributed by atoms with Gasteiger partial charge in [0, 0.05) is 0 Å². The fraction of sp³-hybridized carbons (Fsp3) is 0.500. The van der Waals surface area contributed by atoms with Gasteiger partial charge in [-0.15, -0.1) is 0 Å². The van der Waals surface area contributed by atoms with Gasteiger partial charge in [-0.1, -0.05) is 0 Å². The largest absolute Gasteiger partial charge is 0.481 e. The summed E-state index contributed by atoms with van der Waals surface area (Å²) in [5, 5.41) is 7.88. The standard InChI is InChI=1S/C2H4BrO3P/c3-7(6)1-2(4)5/h7H,1H2,(H,4,5). The Hall–Kier alpha value is 0.180. The van der Waals surface area contributed by atoms with Gasteiger partial charge < -0.3 is 9.67 Å². The van der Waals surface area contributed by atoms with Crippen molar-refractivity contribution in [2.45, 2.75) is 0 Å². The van der Waals surface area contributed by atoms with Crippen LogP contribution in [-0.4, -0.2) is 17.2 Å². The van der Waals surface area contributed by atoms with E-state index in [2.05, 4.69) is 15.5 Å². The predicted octanol–water partition coefficient (Wildman–Crippen LogP) is 0.941. The van der Waals surface area contributed by atoms with Crippen LogP contribution in [0.25, 0.3) is 0 Å². The van der Waals surface area contributed by atoms with E-state index in [-0.39, 0.29) is 6.16 Å². The van der Waals surface area contributed by atoms with E-state index in [4.69, 9.17) is 5.11 Å². The van der Waals surface area contributed by atoms with E-state index in [0.717, 1.165) is 0 Å². The molecule has 0 fully saturated rings. The van der Waals surface area contributed by atoms with Gasteiger partial charge in [-0.25, -0.2) is 0 Å². The maximum absolute atomic E-state index is 9.98. The zero-order valence-electron chi connectivity index (χ0n) is 3.35. The Morgan fingerprint density at radius 2 is 2.29 bits per heavy atom. The molecule has 0 aromatic rings. The normalized spacial score (nSPS) is 13.3. The van der Waals surface area contributed by atoms with E-state index >= 15 is 0 Å². The average molecular weight is 187 g/mol. The summed E-state index contributed by atoms with van der Waals surface area (Å²) in [6.45, 7) is -1.97. The van der Waals surface area contributed by atoms with Crippen molar-refractivity contribution in [3.05, 3.63) is 0 Å². The molecule has 5 heteroatoms. The van der Waals surface area contributed by atoms with Gasteiger partial charge in [-0.2, -0.15) is 0 Å². The van der Waals surface area contributed by atoms with Crippen molar-refractivity contribution in [3.63, 3.8) is 0 Å². The molecule has 0 rings (SSSR count). The third kappa shape index (κ3) is 6.18. The molecule has 0 saturated heterocycles. The van der Waals surface area contributed by atoms with E-state index in [1.807, 2.05) is 0 Å². The van der Waals surface area contributed by atoms with Crippen molar-refractivity contribution in [1.82, 2.24) is 0 Å². The van der Waals surface area contributed by atoms with Crippen LogP contribution < -0.4 is 0 Å². The summed E-state index contributed by atoms with van der Waals surface area (Å²) in [5.74, 6) is -1.03. The minimum Gasteiger partial charge on any atom is -0.481 e. The summed E-state index contributed by atoms with van der Waals surface area (Å²) in [6.07, 6.45) is -0.259. The maximum atomic E-state index is 9.98. The van der Waals surface area contributed by atoms with Crippen LogP contribution in [0.5, 0.6) is 0 Å². The first kappa shape index (κ1) is 7.18. The molecule has 3 nitrogen and oxygen atoms in total. The van der Waals surface area contributed by atoms with Gasteiger partial charge in [0.05, 0.1) is 0 Å². The number of aliphatic carboxylic acids is 1. The van der Waals surface area contributed by atoms with E-state index in [0.29, 0.717) is 0 Å². The minimum absolute atomic E-state index is 0.259. The van der Waals surface area contributed by atoms with Crippen molar-refractivity contribution in [2.75, 3.05) is 6.16 Å². The molecule has 0 bridgehead atoms. The molecule has 1 atom stereocenters. The van der Waals surface area contributed by atoms with E-state index in [9.17, 15) is 9.36 Å². The van der Waals surface area contributed by atoms with Crippen molar-refractivity contribution < 1.29 is 14.5 Å². The number of carboxylic acids is 1. The Bertz CT molecular complexity index is 89.1. The highest BCUT2D eigenvalue weighted by atomic mass is 79.9. The zero-order chi connectivity index (χ0) is 5.86. The Kier molecular flexibility index (Phi) is 3.30. The molecule has 0 radical (unpaired) electrons. The highest BCUT2D eigenvalue weighted by Crippen LogP contribution is 2.28. The number of hydrogen-bond acceptors (Lipinski definition) is 2. The summed E-state index contributed by atoms with van der Waals surface area (Å²) in [6, 6.07) is 0. The van der Waals surface area contributed by atoms with Crippen molar-refractivity contribution in [1.29, 1.82) is 0 Å².